The summed E-state index contributed by atoms with van der Waals surface area (Å²) in [6, 6.07) is 0. The highest BCUT2D eigenvalue weighted by Crippen LogP contribution is 2.18. The zero-order valence-corrected chi connectivity index (χ0v) is 13.5. The van der Waals surface area contributed by atoms with Crippen LogP contribution in [0.2, 0.25) is 0 Å². The van der Waals surface area contributed by atoms with Gasteiger partial charge in [0.25, 0.3) is 0 Å². The van der Waals surface area contributed by atoms with Gasteiger partial charge >= 0.3 is 8.69 Å². The molecule has 0 aliphatic rings. The topological polar surface area (TPSA) is 52.6 Å². The van der Waals surface area contributed by atoms with Gasteiger partial charge in [0.2, 0.25) is 5.78 Å². The Morgan fingerprint density at radius 2 is 2.00 bits per heavy atom. The number of ketones is 1. The van der Waals surface area contributed by atoms with E-state index >= 15 is 0 Å². The lowest BCUT2D eigenvalue weighted by molar-refractivity contribution is -0.117. The maximum Gasteiger partial charge on any atom is 0.327 e. The van der Waals surface area contributed by atoms with Crippen LogP contribution < -0.4 is 0 Å². The second-order valence-electron chi connectivity index (χ2n) is 4.03. The molecule has 0 bridgehead atoms. The van der Waals surface area contributed by atoms with Crippen molar-refractivity contribution in [3.8, 4) is 11.8 Å². The summed E-state index contributed by atoms with van der Waals surface area (Å²) in [5.41, 5.74) is 0. The van der Waals surface area contributed by atoms with Crippen LogP contribution in [-0.4, -0.2) is 25.7 Å². The van der Waals surface area contributed by atoms with Crippen molar-refractivity contribution < 1.29 is 18.4 Å². The molecule has 0 amide bonds. The Morgan fingerprint density at radius 1 is 1.26 bits per heavy atom. The van der Waals surface area contributed by atoms with Crippen LogP contribution in [0, 0.1) is 17.8 Å². The van der Waals surface area contributed by atoms with Gasteiger partial charge in [0.05, 0.1) is 13.2 Å². The molecule has 0 aromatic heterocycles. The van der Waals surface area contributed by atoms with E-state index in [1.165, 1.54) is 0 Å². The van der Waals surface area contributed by atoms with E-state index in [-0.39, 0.29) is 20.4 Å². The van der Waals surface area contributed by atoms with Crippen LogP contribution in [0.1, 0.15) is 39.0 Å². The lowest BCUT2D eigenvalue weighted by atomic mass is 9.93. The maximum absolute atomic E-state index is 11.8. The summed E-state index contributed by atoms with van der Waals surface area (Å²) < 4.78 is 20.1. The molecule has 4 nitrogen and oxygen atoms in total. The standard InChI is InChI=1S/C13H22O4P2/c1-3-7-13(14)12(9-6-11-16-18-2)8-4-5-10-17-19-15/h12,18H,4-6,8-11H2,1-2H3. The first-order valence-corrected chi connectivity index (χ1v) is 8.59. The SMILES string of the molecule is CC#CC(=O)C(CCCCOP=O)CCCOPC. The molecule has 0 aliphatic heterocycles. The average Bonchev–Trinajstić information content (AvgIpc) is 2.41. The zero-order chi connectivity index (χ0) is 14.3. The third-order valence-corrected chi connectivity index (χ3v) is 3.43. The minimum absolute atomic E-state index is 0.0129. The van der Waals surface area contributed by atoms with E-state index in [1.54, 1.807) is 6.92 Å². The Morgan fingerprint density at radius 3 is 2.63 bits per heavy atom. The van der Waals surface area contributed by atoms with E-state index < -0.39 is 0 Å². The predicted molar refractivity (Wildman–Crippen MR) is 78.8 cm³/mol. The van der Waals surface area contributed by atoms with Gasteiger partial charge in [-0.3, -0.25) is 9.32 Å². The fraction of sp³-hybridized carbons (Fsp3) is 0.769. The molecule has 19 heavy (non-hydrogen) atoms. The highest BCUT2D eigenvalue weighted by molar-refractivity contribution is 7.31. The predicted octanol–water partition coefficient (Wildman–Crippen LogP) is 3.61. The highest BCUT2D eigenvalue weighted by atomic mass is 31.1. The number of hydrogen-bond donors (Lipinski definition) is 0. The van der Waals surface area contributed by atoms with E-state index in [0.717, 1.165) is 32.1 Å². The van der Waals surface area contributed by atoms with Crippen LogP contribution in [0.3, 0.4) is 0 Å². The Kier molecular flexibility index (Phi) is 13.9. The first kappa shape index (κ1) is 18.7. The lowest BCUT2D eigenvalue weighted by Gasteiger charge is -2.12. The molecule has 108 valence electrons. The van der Waals surface area contributed by atoms with E-state index in [0.29, 0.717) is 22.0 Å². The monoisotopic (exact) mass is 304 g/mol. The Balaban J connectivity index is 3.98. The molecule has 0 spiro atoms. The highest BCUT2D eigenvalue weighted by Gasteiger charge is 2.15. The lowest BCUT2D eigenvalue weighted by Crippen LogP contribution is -2.13. The fourth-order valence-electron chi connectivity index (χ4n) is 1.73. The number of Topliss-reactive ketones (excluding diaryl/α,β-unsaturated/α-hetero) is 1. The van der Waals surface area contributed by atoms with Gasteiger partial charge in [0.1, 0.15) is 0 Å². The minimum atomic E-state index is -0.278. The van der Waals surface area contributed by atoms with Crippen molar-refractivity contribution in [2.75, 3.05) is 19.9 Å². The maximum atomic E-state index is 11.8. The third-order valence-electron chi connectivity index (χ3n) is 2.65. The third kappa shape index (κ3) is 11.2. The van der Waals surface area contributed by atoms with Crippen molar-refractivity contribution >= 4 is 23.3 Å². The molecule has 0 radical (unpaired) electrons. The van der Waals surface area contributed by atoms with Crippen LogP contribution >= 0.6 is 17.5 Å². The number of rotatable bonds is 12. The smallest absolute Gasteiger partial charge is 0.327 e. The summed E-state index contributed by atoms with van der Waals surface area (Å²) in [6.07, 6.45) is 4.21. The normalized spacial score (nSPS) is 12.5. The van der Waals surface area contributed by atoms with E-state index in [1.807, 2.05) is 6.66 Å². The summed E-state index contributed by atoms with van der Waals surface area (Å²) >= 11 is 0. The average molecular weight is 304 g/mol. The quantitative estimate of drug-likeness (QED) is 0.239. The van der Waals surface area contributed by atoms with Gasteiger partial charge in [-0.1, -0.05) is 12.3 Å². The first-order chi connectivity index (χ1) is 9.26. The molecule has 0 aromatic carbocycles. The van der Waals surface area contributed by atoms with Crippen LogP contribution in [-0.2, 0) is 18.4 Å². The summed E-state index contributed by atoms with van der Waals surface area (Å²) in [5.74, 6) is 5.30. The van der Waals surface area contributed by atoms with Crippen molar-refractivity contribution in [3.63, 3.8) is 0 Å². The van der Waals surface area contributed by atoms with Crippen molar-refractivity contribution in [2.45, 2.75) is 39.0 Å². The number of carbonyl (C=O) groups is 1. The van der Waals surface area contributed by atoms with E-state index in [9.17, 15) is 9.36 Å². The molecule has 0 N–H and O–H groups in total. The summed E-state index contributed by atoms with van der Waals surface area (Å²) in [5, 5.41) is 0. The van der Waals surface area contributed by atoms with Crippen LogP contribution in [0.25, 0.3) is 0 Å². The van der Waals surface area contributed by atoms with E-state index in [2.05, 4.69) is 11.8 Å². The van der Waals surface area contributed by atoms with E-state index in [4.69, 9.17) is 9.05 Å². The van der Waals surface area contributed by atoms with Crippen molar-refractivity contribution in [2.24, 2.45) is 5.92 Å². The molecule has 0 aliphatic carbocycles. The first-order valence-electron chi connectivity index (χ1n) is 6.46. The molecule has 0 fully saturated rings. The van der Waals surface area contributed by atoms with Crippen molar-refractivity contribution in [1.29, 1.82) is 0 Å². The molecular formula is C13H22O4P2. The Labute approximate surface area is 119 Å². The molecule has 0 saturated carbocycles. The second kappa shape index (κ2) is 14.1. The molecule has 2 atom stereocenters. The molecule has 0 saturated heterocycles. The van der Waals surface area contributed by atoms with Crippen LogP contribution in [0.15, 0.2) is 0 Å². The van der Waals surface area contributed by atoms with Gasteiger partial charge in [-0.05, 0) is 45.2 Å². The summed E-state index contributed by atoms with van der Waals surface area (Å²) in [6.45, 7) is 4.83. The summed E-state index contributed by atoms with van der Waals surface area (Å²) in [7, 11) is 0.218. The van der Waals surface area contributed by atoms with Gasteiger partial charge in [-0.25, -0.2) is 4.57 Å². The number of hydrogen-bond acceptors (Lipinski definition) is 4. The molecular weight excluding hydrogens is 282 g/mol. The van der Waals surface area contributed by atoms with Crippen LogP contribution in [0.4, 0.5) is 0 Å². The van der Waals surface area contributed by atoms with Crippen LogP contribution in [0.5, 0.6) is 0 Å². The molecule has 2 unspecified atom stereocenters. The minimum Gasteiger partial charge on any atom is -0.363 e. The van der Waals surface area contributed by atoms with Gasteiger partial charge < -0.3 is 4.52 Å². The molecule has 0 aromatic rings. The Hall–Kier alpha value is -0.320. The van der Waals surface area contributed by atoms with Crippen molar-refractivity contribution in [3.05, 3.63) is 0 Å². The molecule has 0 heterocycles. The number of unbranched alkanes of at least 4 members (excludes halogenated alkanes) is 1. The van der Waals surface area contributed by atoms with Gasteiger partial charge in [-0.15, -0.1) is 0 Å². The largest absolute Gasteiger partial charge is 0.363 e. The van der Waals surface area contributed by atoms with Crippen molar-refractivity contribution in [1.82, 2.24) is 0 Å². The number of carbonyl (C=O) groups excluding carboxylic acids is 1. The van der Waals surface area contributed by atoms with Gasteiger partial charge in [0, 0.05) is 14.7 Å². The summed E-state index contributed by atoms with van der Waals surface area (Å²) in [4.78, 5) is 11.8. The zero-order valence-electron chi connectivity index (χ0n) is 11.6. The fourth-order valence-corrected chi connectivity index (χ4v) is 2.28. The van der Waals surface area contributed by atoms with Gasteiger partial charge in [0.15, 0.2) is 0 Å². The Bertz CT molecular complexity index is 310. The van der Waals surface area contributed by atoms with Gasteiger partial charge in [-0.2, -0.15) is 0 Å². The second-order valence-corrected chi connectivity index (χ2v) is 5.14. The molecule has 0 rings (SSSR count). The molecule has 6 heteroatoms.